The Morgan fingerprint density at radius 2 is 1.83 bits per heavy atom. The van der Waals surface area contributed by atoms with Crippen molar-refractivity contribution in [2.24, 2.45) is 0 Å². The maximum atomic E-state index is 12.9. The molecule has 1 aromatic heterocycles. The number of nitrogens with zero attached hydrogens (tertiary/aromatic N) is 2. The van der Waals surface area contributed by atoms with E-state index < -0.39 is 5.41 Å². The van der Waals surface area contributed by atoms with Crippen LogP contribution in [0.4, 0.5) is 4.39 Å². The minimum Gasteiger partial charge on any atom is -0.239 e. The second-order valence-electron chi connectivity index (χ2n) is 4.46. The van der Waals surface area contributed by atoms with E-state index in [-0.39, 0.29) is 5.82 Å². The Morgan fingerprint density at radius 3 is 2.39 bits per heavy atom. The van der Waals surface area contributed by atoms with Crippen molar-refractivity contribution in [3.05, 3.63) is 57.3 Å². The van der Waals surface area contributed by atoms with E-state index in [0.717, 1.165) is 5.56 Å². The quantitative estimate of drug-likeness (QED) is 0.765. The fourth-order valence-electron chi connectivity index (χ4n) is 1.64. The molecule has 0 aliphatic rings. The monoisotopic (exact) mass is 328 g/mol. The minimum atomic E-state index is -0.433. The maximum Gasteiger partial charge on any atom is 0.146 e. The molecule has 2 nitrogen and oxygen atoms in total. The highest BCUT2D eigenvalue weighted by atomic mass is 79.9. The third-order valence-corrected chi connectivity index (χ3v) is 3.92. The second kappa shape index (κ2) is 4.94. The molecule has 0 radical (unpaired) electrons. The molecule has 0 saturated heterocycles. The molecule has 0 N–H and O–H groups in total. The van der Waals surface area contributed by atoms with Crippen LogP contribution in [0.5, 0.6) is 0 Å². The van der Waals surface area contributed by atoms with Gasteiger partial charge in [0.2, 0.25) is 0 Å². The van der Waals surface area contributed by atoms with Crippen LogP contribution in [0.25, 0.3) is 0 Å². The zero-order valence-electron chi connectivity index (χ0n) is 9.92. The van der Waals surface area contributed by atoms with Crippen LogP contribution in [-0.2, 0) is 5.41 Å². The predicted octanol–water partition coefficient (Wildman–Crippen LogP) is 4.36. The second-order valence-corrected chi connectivity index (χ2v) is 5.68. The number of hydrogen-bond acceptors (Lipinski definition) is 2. The molecule has 0 amide bonds. The molecule has 0 fully saturated rings. The topological polar surface area (TPSA) is 25.8 Å². The normalized spacial score (nSPS) is 11.6. The molecule has 5 heteroatoms. The summed E-state index contributed by atoms with van der Waals surface area (Å²) < 4.78 is 13.6. The molecule has 0 aliphatic carbocycles. The molecule has 1 heterocycles. The first-order valence-corrected chi connectivity index (χ1v) is 6.53. The fourth-order valence-corrected chi connectivity index (χ4v) is 1.96. The number of aromatic nitrogens is 2. The molecule has 0 unspecified atom stereocenters. The van der Waals surface area contributed by atoms with Crippen molar-refractivity contribution in [2.75, 3.05) is 0 Å². The van der Waals surface area contributed by atoms with Gasteiger partial charge in [0, 0.05) is 11.6 Å². The molecule has 18 heavy (non-hydrogen) atoms. The summed E-state index contributed by atoms with van der Waals surface area (Å²) in [5, 5.41) is 0.371. The molecular formula is C13H11BrClFN2. The lowest BCUT2D eigenvalue weighted by molar-refractivity contribution is 0.582. The summed E-state index contributed by atoms with van der Waals surface area (Å²) in [6.07, 6.45) is 1.62. The van der Waals surface area contributed by atoms with Gasteiger partial charge in [-0.05, 0) is 47.5 Å². The van der Waals surface area contributed by atoms with Gasteiger partial charge in [-0.2, -0.15) is 0 Å². The van der Waals surface area contributed by atoms with Crippen LogP contribution < -0.4 is 0 Å². The Bertz CT molecular complexity index is 570. The molecule has 2 rings (SSSR count). The lowest BCUT2D eigenvalue weighted by atomic mass is 9.84. The van der Waals surface area contributed by atoms with Gasteiger partial charge in [-0.1, -0.05) is 23.7 Å². The van der Waals surface area contributed by atoms with Gasteiger partial charge in [0.1, 0.15) is 16.8 Å². The molecule has 2 aromatic rings. The zero-order valence-corrected chi connectivity index (χ0v) is 12.3. The number of rotatable bonds is 2. The maximum absolute atomic E-state index is 12.9. The molecule has 0 saturated carbocycles. The SMILES string of the molecule is CC(C)(c1ccc(F)cc1)c1ncc(Br)c(Cl)n1. The molecule has 0 bridgehead atoms. The van der Waals surface area contributed by atoms with Crippen molar-refractivity contribution in [3.8, 4) is 0 Å². The average Bonchev–Trinajstić information content (AvgIpc) is 2.33. The van der Waals surface area contributed by atoms with Crippen LogP contribution in [0, 0.1) is 5.82 Å². The molecule has 0 aliphatic heterocycles. The lowest BCUT2D eigenvalue weighted by Gasteiger charge is -2.23. The fraction of sp³-hybridized carbons (Fsp3) is 0.231. The molecule has 94 valence electrons. The van der Waals surface area contributed by atoms with Gasteiger partial charge in [0.15, 0.2) is 0 Å². The van der Waals surface area contributed by atoms with E-state index in [1.807, 2.05) is 13.8 Å². The van der Waals surface area contributed by atoms with Crippen molar-refractivity contribution in [1.82, 2.24) is 9.97 Å². The van der Waals surface area contributed by atoms with Gasteiger partial charge in [-0.3, -0.25) is 0 Å². The standard InChI is InChI=1S/C13H11BrClFN2/c1-13(2,8-3-5-9(16)6-4-8)12-17-7-10(14)11(15)18-12/h3-7H,1-2H3. The van der Waals surface area contributed by atoms with Crippen LogP contribution >= 0.6 is 27.5 Å². The molecular weight excluding hydrogens is 319 g/mol. The van der Waals surface area contributed by atoms with Crippen molar-refractivity contribution < 1.29 is 4.39 Å². The Hall–Kier alpha value is -1.000. The van der Waals surface area contributed by atoms with E-state index in [1.165, 1.54) is 12.1 Å². The summed E-state index contributed by atoms with van der Waals surface area (Å²) in [5.41, 5.74) is 0.500. The molecule has 0 atom stereocenters. The van der Waals surface area contributed by atoms with Crippen LogP contribution in [0.1, 0.15) is 25.2 Å². The third-order valence-electron chi connectivity index (χ3n) is 2.83. The Labute approximate surface area is 118 Å². The minimum absolute atomic E-state index is 0.260. The number of hydrogen-bond donors (Lipinski definition) is 0. The highest BCUT2D eigenvalue weighted by molar-refractivity contribution is 9.10. The number of benzene rings is 1. The van der Waals surface area contributed by atoms with Crippen molar-refractivity contribution >= 4 is 27.5 Å². The smallest absolute Gasteiger partial charge is 0.146 e. The van der Waals surface area contributed by atoms with Gasteiger partial charge in [0.05, 0.1) is 4.47 Å². The van der Waals surface area contributed by atoms with E-state index in [4.69, 9.17) is 11.6 Å². The molecule has 1 aromatic carbocycles. The van der Waals surface area contributed by atoms with Crippen LogP contribution in [-0.4, -0.2) is 9.97 Å². The first-order chi connectivity index (χ1) is 8.41. The van der Waals surface area contributed by atoms with E-state index >= 15 is 0 Å². The lowest BCUT2D eigenvalue weighted by Crippen LogP contribution is -2.22. The van der Waals surface area contributed by atoms with E-state index in [9.17, 15) is 4.39 Å². The van der Waals surface area contributed by atoms with Gasteiger partial charge in [-0.15, -0.1) is 0 Å². The van der Waals surface area contributed by atoms with E-state index in [1.54, 1.807) is 18.3 Å². The highest BCUT2D eigenvalue weighted by Crippen LogP contribution is 2.31. The average molecular weight is 330 g/mol. The Balaban J connectivity index is 2.46. The first kappa shape index (κ1) is 13.4. The Kier molecular flexibility index (Phi) is 3.69. The summed E-state index contributed by atoms with van der Waals surface area (Å²) in [5.74, 6) is 0.339. The van der Waals surface area contributed by atoms with Gasteiger partial charge >= 0.3 is 0 Å². The van der Waals surface area contributed by atoms with Gasteiger partial charge in [-0.25, -0.2) is 14.4 Å². The van der Waals surface area contributed by atoms with Crippen molar-refractivity contribution in [2.45, 2.75) is 19.3 Å². The summed E-state index contributed by atoms with van der Waals surface area (Å²) in [6.45, 7) is 3.94. The first-order valence-electron chi connectivity index (χ1n) is 5.36. The Morgan fingerprint density at radius 1 is 1.22 bits per heavy atom. The van der Waals surface area contributed by atoms with Gasteiger partial charge in [0.25, 0.3) is 0 Å². The zero-order chi connectivity index (χ0) is 13.3. The van der Waals surface area contributed by atoms with E-state index in [0.29, 0.717) is 15.5 Å². The number of halogens is 3. The third kappa shape index (κ3) is 2.54. The van der Waals surface area contributed by atoms with Crippen molar-refractivity contribution in [1.29, 1.82) is 0 Å². The molecule has 0 spiro atoms. The summed E-state index contributed by atoms with van der Waals surface area (Å²) in [6, 6.07) is 6.32. The summed E-state index contributed by atoms with van der Waals surface area (Å²) >= 11 is 9.23. The largest absolute Gasteiger partial charge is 0.239 e. The summed E-state index contributed by atoms with van der Waals surface area (Å²) in [4.78, 5) is 8.53. The van der Waals surface area contributed by atoms with Crippen molar-refractivity contribution in [3.63, 3.8) is 0 Å². The predicted molar refractivity (Wildman–Crippen MR) is 73.3 cm³/mol. The van der Waals surface area contributed by atoms with Crippen LogP contribution in [0.15, 0.2) is 34.9 Å². The van der Waals surface area contributed by atoms with Crippen LogP contribution in [0.3, 0.4) is 0 Å². The van der Waals surface area contributed by atoms with Gasteiger partial charge < -0.3 is 0 Å². The van der Waals surface area contributed by atoms with Crippen LogP contribution in [0.2, 0.25) is 5.15 Å². The van der Waals surface area contributed by atoms with E-state index in [2.05, 4.69) is 25.9 Å². The highest BCUT2D eigenvalue weighted by Gasteiger charge is 2.27. The summed E-state index contributed by atoms with van der Waals surface area (Å²) in [7, 11) is 0.